The van der Waals surface area contributed by atoms with Gasteiger partial charge < -0.3 is 10.2 Å². The third-order valence-electron chi connectivity index (χ3n) is 8.68. The van der Waals surface area contributed by atoms with Gasteiger partial charge in [0.15, 0.2) is 0 Å². The molecule has 0 saturated carbocycles. The van der Waals surface area contributed by atoms with Crippen molar-refractivity contribution in [3.8, 4) is 11.1 Å². The van der Waals surface area contributed by atoms with Crippen LogP contribution in [0.25, 0.3) is 11.1 Å². The lowest BCUT2D eigenvalue weighted by atomic mass is 9.73. The summed E-state index contributed by atoms with van der Waals surface area (Å²) in [7, 11) is 0. The van der Waals surface area contributed by atoms with Gasteiger partial charge in [-0.15, -0.1) is 0 Å². The largest absolute Gasteiger partial charge is 0.340 e. The zero-order chi connectivity index (χ0) is 28.1. The molecule has 1 aliphatic carbocycles. The molecule has 2 amide bonds. The van der Waals surface area contributed by atoms with E-state index < -0.39 is 5.41 Å². The van der Waals surface area contributed by atoms with E-state index in [0.29, 0.717) is 6.42 Å². The second-order valence-corrected chi connectivity index (χ2v) is 11.2. The minimum absolute atomic E-state index is 0.0339. The number of anilines is 1. The lowest BCUT2D eigenvalue weighted by Crippen LogP contribution is -2.49. The van der Waals surface area contributed by atoms with Crippen molar-refractivity contribution in [1.29, 1.82) is 0 Å². The lowest BCUT2D eigenvalue weighted by molar-refractivity contribution is -0.132. The first kappa shape index (κ1) is 27.0. The highest BCUT2D eigenvalue weighted by Crippen LogP contribution is 2.52. The molecule has 0 bridgehead atoms. The number of amides is 2. The number of benzene rings is 4. The topological polar surface area (TPSA) is 52.7 Å². The molecular weight excluding hydrogens is 506 g/mol. The maximum atomic E-state index is 14.2. The van der Waals surface area contributed by atoms with E-state index in [1.165, 1.54) is 0 Å². The molecule has 0 atom stereocenters. The summed E-state index contributed by atoms with van der Waals surface area (Å²) in [5, 5.41) is 3.24. The average Bonchev–Trinajstić information content (AvgIpc) is 3.31. The highest BCUT2D eigenvalue weighted by Gasteiger charge is 2.48. The predicted molar refractivity (Wildman–Crippen MR) is 165 cm³/mol. The molecule has 4 aromatic carbocycles. The Morgan fingerprint density at radius 1 is 0.659 bits per heavy atom. The fraction of sp³-hybridized carbons (Fsp3) is 0.278. The molecule has 6 rings (SSSR count). The molecule has 5 heteroatoms. The van der Waals surface area contributed by atoms with Crippen molar-refractivity contribution < 1.29 is 9.59 Å². The average molecular weight is 544 g/mol. The van der Waals surface area contributed by atoms with Gasteiger partial charge in [-0.3, -0.25) is 14.5 Å². The van der Waals surface area contributed by atoms with E-state index in [0.717, 1.165) is 85.5 Å². The smallest absolute Gasteiger partial charge is 0.239 e. The standard InChI is InChI=1S/C36H37N3O2/c40-34(27-28-13-3-1-4-14-28)39-25-23-38(24-26-39)22-12-11-21-36(35(41)37-29-15-5-2-6-16-29)32-19-9-7-17-30(32)31-18-8-10-20-33(31)36/h1-10,13-20H,11-12,21-27H2,(H,37,41). The predicted octanol–water partition coefficient (Wildman–Crippen LogP) is 6.15. The second-order valence-electron chi connectivity index (χ2n) is 11.2. The normalized spacial score (nSPS) is 15.7. The van der Waals surface area contributed by atoms with Crippen LogP contribution in [0, 0.1) is 0 Å². The molecule has 0 spiro atoms. The number of fused-ring (bicyclic) bond motifs is 3. The first-order valence-corrected chi connectivity index (χ1v) is 14.7. The van der Waals surface area contributed by atoms with Crippen LogP contribution >= 0.6 is 0 Å². The molecule has 0 unspecified atom stereocenters. The van der Waals surface area contributed by atoms with Crippen LogP contribution in [0.3, 0.4) is 0 Å². The Morgan fingerprint density at radius 2 is 1.22 bits per heavy atom. The number of hydrogen-bond acceptors (Lipinski definition) is 3. The maximum absolute atomic E-state index is 14.2. The second kappa shape index (κ2) is 12.1. The van der Waals surface area contributed by atoms with E-state index in [1.807, 2.05) is 77.7 Å². The third-order valence-corrected chi connectivity index (χ3v) is 8.68. The highest BCUT2D eigenvalue weighted by atomic mass is 16.2. The van der Waals surface area contributed by atoms with Crippen molar-refractivity contribution in [3.05, 3.63) is 126 Å². The summed E-state index contributed by atoms with van der Waals surface area (Å²) >= 11 is 0. The van der Waals surface area contributed by atoms with E-state index >= 15 is 0 Å². The third kappa shape index (κ3) is 5.55. The number of para-hydroxylation sites is 1. The summed E-state index contributed by atoms with van der Waals surface area (Å²) in [6.45, 7) is 4.31. The maximum Gasteiger partial charge on any atom is 0.239 e. The number of unbranched alkanes of at least 4 members (excludes halogenated alkanes) is 1. The van der Waals surface area contributed by atoms with Gasteiger partial charge in [-0.2, -0.15) is 0 Å². The van der Waals surface area contributed by atoms with Crippen molar-refractivity contribution in [3.63, 3.8) is 0 Å². The monoisotopic (exact) mass is 543 g/mol. The number of hydrogen-bond donors (Lipinski definition) is 1. The summed E-state index contributed by atoms with van der Waals surface area (Å²) in [5.74, 6) is 0.243. The Hall–Kier alpha value is -4.22. The van der Waals surface area contributed by atoms with Gasteiger partial charge >= 0.3 is 0 Å². The first-order chi connectivity index (χ1) is 20.1. The quantitative estimate of drug-likeness (QED) is 0.258. The summed E-state index contributed by atoms with van der Waals surface area (Å²) in [6.07, 6.45) is 3.15. The molecule has 1 heterocycles. The van der Waals surface area contributed by atoms with Crippen molar-refractivity contribution >= 4 is 17.5 Å². The van der Waals surface area contributed by atoms with Gasteiger partial charge in [0.2, 0.25) is 11.8 Å². The van der Waals surface area contributed by atoms with Crippen LogP contribution in [0.5, 0.6) is 0 Å². The molecule has 1 fully saturated rings. The van der Waals surface area contributed by atoms with Crippen LogP contribution < -0.4 is 5.32 Å². The number of carbonyl (C=O) groups excluding carboxylic acids is 2. The van der Waals surface area contributed by atoms with Crippen LogP contribution in [0.15, 0.2) is 109 Å². The van der Waals surface area contributed by atoms with E-state index in [-0.39, 0.29) is 11.8 Å². The fourth-order valence-corrected chi connectivity index (χ4v) is 6.54. The van der Waals surface area contributed by atoms with Gasteiger partial charge in [-0.1, -0.05) is 103 Å². The number of nitrogens with zero attached hydrogens (tertiary/aromatic N) is 2. The van der Waals surface area contributed by atoms with Crippen molar-refractivity contribution in [1.82, 2.24) is 9.80 Å². The van der Waals surface area contributed by atoms with Crippen LogP contribution in [0.2, 0.25) is 0 Å². The summed E-state index contributed by atoms with van der Waals surface area (Å²) in [5.41, 5.74) is 5.66. The number of carbonyl (C=O) groups is 2. The van der Waals surface area contributed by atoms with E-state index in [1.54, 1.807) is 0 Å². The zero-order valence-electron chi connectivity index (χ0n) is 23.5. The Morgan fingerprint density at radius 3 is 1.85 bits per heavy atom. The number of nitrogens with one attached hydrogen (secondary N) is 1. The van der Waals surface area contributed by atoms with Gasteiger partial charge in [-0.25, -0.2) is 0 Å². The molecule has 0 aromatic heterocycles. The molecule has 2 aliphatic rings. The molecule has 5 nitrogen and oxygen atoms in total. The van der Waals surface area contributed by atoms with Gasteiger partial charge in [-0.05, 0) is 59.3 Å². The Kier molecular flexibility index (Phi) is 7.97. The van der Waals surface area contributed by atoms with E-state index in [2.05, 4.69) is 46.6 Å². The van der Waals surface area contributed by atoms with Crippen molar-refractivity contribution in [2.75, 3.05) is 38.0 Å². The highest BCUT2D eigenvalue weighted by molar-refractivity contribution is 6.07. The molecule has 0 radical (unpaired) electrons. The van der Waals surface area contributed by atoms with Crippen molar-refractivity contribution in [2.45, 2.75) is 31.1 Å². The van der Waals surface area contributed by atoms with E-state index in [4.69, 9.17) is 0 Å². The summed E-state index contributed by atoms with van der Waals surface area (Å²) in [4.78, 5) is 31.5. The van der Waals surface area contributed by atoms with Crippen LogP contribution in [0.1, 0.15) is 36.0 Å². The number of rotatable bonds is 9. The Bertz CT molecular complexity index is 1450. The first-order valence-electron chi connectivity index (χ1n) is 14.7. The summed E-state index contributed by atoms with van der Waals surface area (Å²) in [6, 6.07) is 36.5. The van der Waals surface area contributed by atoms with Gasteiger partial charge in [0, 0.05) is 31.9 Å². The lowest BCUT2D eigenvalue weighted by Gasteiger charge is -2.35. The van der Waals surface area contributed by atoms with Gasteiger partial charge in [0.1, 0.15) is 5.41 Å². The van der Waals surface area contributed by atoms with Crippen LogP contribution in [0.4, 0.5) is 5.69 Å². The molecule has 208 valence electrons. The Balaban J connectivity index is 1.11. The fourth-order valence-electron chi connectivity index (χ4n) is 6.54. The van der Waals surface area contributed by atoms with Crippen LogP contribution in [-0.2, 0) is 21.4 Å². The van der Waals surface area contributed by atoms with Crippen LogP contribution in [-0.4, -0.2) is 54.3 Å². The van der Waals surface area contributed by atoms with Crippen molar-refractivity contribution in [2.24, 2.45) is 0 Å². The molecule has 4 aromatic rings. The van der Waals surface area contributed by atoms with E-state index in [9.17, 15) is 9.59 Å². The van der Waals surface area contributed by atoms with Gasteiger partial charge in [0.25, 0.3) is 0 Å². The summed E-state index contributed by atoms with van der Waals surface area (Å²) < 4.78 is 0. The SMILES string of the molecule is O=C(Cc1ccccc1)N1CCN(CCCCC2(C(=O)Nc3ccccc3)c3ccccc3-c3ccccc32)CC1. The minimum atomic E-state index is -0.731. The molecule has 41 heavy (non-hydrogen) atoms. The molecule has 1 aliphatic heterocycles. The molecule has 1 N–H and O–H groups in total. The molecule has 1 saturated heterocycles. The zero-order valence-corrected chi connectivity index (χ0v) is 23.5. The minimum Gasteiger partial charge on any atom is -0.340 e. The van der Waals surface area contributed by atoms with Gasteiger partial charge in [0.05, 0.1) is 6.42 Å². The molecular formula is C36H37N3O2. The Labute approximate surface area is 242 Å². The number of piperazine rings is 1.